The van der Waals surface area contributed by atoms with E-state index in [1.807, 2.05) is 4.57 Å². The van der Waals surface area contributed by atoms with Crippen LogP contribution in [0.5, 0.6) is 0 Å². The minimum Gasteiger partial charge on any atom is -0.371 e. The van der Waals surface area contributed by atoms with Crippen molar-refractivity contribution < 1.29 is 4.74 Å². The molecule has 0 unspecified atom stereocenters. The molecule has 1 fully saturated rings. The quantitative estimate of drug-likeness (QED) is 0.900. The molecule has 3 rings (SSSR count). The van der Waals surface area contributed by atoms with Crippen LogP contribution in [0.1, 0.15) is 39.8 Å². The average molecular weight is 290 g/mol. The van der Waals surface area contributed by atoms with E-state index >= 15 is 0 Å². The fraction of sp³-hybridized carbons (Fsp3) is 0.643. The second-order valence-corrected chi connectivity index (χ2v) is 6.02. The lowest BCUT2D eigenvalue weighted by molar-refractivity contribution is -0.0286. The Morgan fingerprint density at radius 3 is 2.95 bits per heavy atom. The summed E-state index contributed by atoms with van der Waals surface area (Å²) in [5.41, 5.74) is 7.30. The summed E-state index contributed by atoms with van der Waals surface area (Å²) >= 11 is 0. The summed E-state index contributed by atoms with van der Waals surface area (Å²) in [6, 6.07) is 0. The Kier molecular flexibility index (Phi) is 3.24. The number of hydrogen-bond donors (Lipinski definition) is 2. The predicted octanol–water partition coefficient (Wildman–Crippen LogP) is 2.17. The number of fused-ring (bicyclic) bond motifs is 1. The lowest BCUT2D eigenvalue weighted by Crippen LogP contribution is -2.25. The number of nitrogens with one attached hydrogen (secondary N) is 1. The Labute approximate surface area is 123 Å². The van der Waals surface area contributed by atoms with Crippen LogP contribution in [-0.4, -0.2) is 32.7 Å². The van der Waals surface area contributed by atoms with Crippen molar-refractivity contribution in [3.05, 3.63) is 6.33 Å². The van der Waals surface area contributed by atoms with Crippen molar-refractivity contribution in [2.75, 3.05) is 18.1 Å². The zero-order valence-corrected chi connectivity index (χ0v) is 12.9. The van der Waals surface area contributed by atoms with Crippen molar-refractivity contribution in [2.24, 2.45) is 5.41 Å². The van der Waals surface area contributed by atoms with Crippen LogP contribution in [0.4, 0.5) is 11.8 Å². The number of ether oxygens (including phenoxy) is 1. The van der Waals surface area contributed by atoms with E-state index in [0.29, 0.717) is 17.0 Å². The molecule has 0 saturated carbocycles. The molecule has 7 nitrogen and oxygen atoms in total. The van der Waals surface area contributed by atoms with Gasteiger partial charge in [0, 0.05) is 12.5 Å². The minimum atomic E-state index is -0.0819. The molecular formula is C14H22N6O. The summed E-state index contributed by atoms with van der Waals surface area (Å²) in [6.07, 6.45) is 3.96. The molecule has 21 heavy (non-hydrogen) atoms. The average Bonchev–Trinajstić information content (AvgIpc) is 2.99. The fourth-order valence-electron chi connectivity index (χ4n) is 3.19. The molecule has 7 heteroatoms. The van der Waals surface area contributed by atoms with Crippen LogP contribution in [-0.2, 0) is 4.74 Å². The molecule has 0 spiro atoms. The van der Waals surface area contributed by atoms with Crippen LogP contribution in [0.25, 0.3) is 11.2 Å². The first-order valence-corrected chi connectivity index (χ1v) is 7.31. The summed E-state index contributed by atoms with van der Waals surface area (Å²) in [5.74, 6) is 0.873. The molecule has 3 atom stereocenters. The highest BCUT2D eigenvalue weighted by atomic mass is 16.5. The van der Waals surface area contributed by atoms with Gasteiger partial charge >= 0.3 is 0 Å². The highest BCUT2D eigenvalue weighted by Crippen LogP contribution is 2.48. The summed E-state index contributed by atoms with van der Waals surface area (Å²) < 4.78 is 8.12. The molecule has 114 valence electrons. The highest BCUT2D eigenvalue weighted by Gasteiger charge is 2.44. The standard InChI is InChI=1S/C14H22N6O/c1-5-14(3)6-8(2)21-12(14)20-7-17-9-10(16-4)18-13(15)19-11(9)20/h7-8,12H,5-6H2,1-4H3,(H3,15,16,18,19)/t8-,12-,14+/m1/s1. The molecule has 3 N–H and O–H groups in total. The summed E-state index contributed by atoms with van der Waals surface area (Å²) in [7, 11) is 1.80. The van der Waals surface area contributed by atoms with Crippen LogP contribution in [0, 0.1) is 5.41 Å². The van der Waals surface area contributed by atoms with E-state index in [9.17, 15) is 0 Å². The molecule has 3 heterocycles. The van der Waals surface area contributed by atoms with Crippen molar-refractivity contribution in [3.63, 3.8) is 0 Å². The van der Waals surface area contributed by atoms with E-state index in [-0.39, 0.29) is 23.7 Å². The van der Waals surface area contributed by atoms with E-state index in [1.54, 1.807) is 13.4 Å². The molecule has 2 aromatic rings. The van der Waals surface area contributed by atoms with Gasteiger partial charge in [0.05, 0.1) is 12.4 Å². The van der Waals surface area contributed by atoms with E-state index in [1.165, 1.54) is 0 Å². The van der Waals surface area contributed by atoms with Gasteiger partial charge in [-0.1, -0.05) is 13.8 Å². The van der Waals surface area contributed by atoms with Crippen molar-refractivity contribution in [2.45, 2.75) is 45.9 Å². The molecule has 1 saturated heterocycles. The summed E-state index contributed by atoms with van der Waals surface area (Å²) in [4.78, 5) is 13.0. The molecule has 1 aliphatic rings. The second-order valence-electron chi connectivity index (χ2n) is 6.02. The number of hydrogen-bond acceptors (Lipinski definition) is 6. The number of nitrogen functional groups attached to an aromatic ring is 1. The van der Waals surface area contributed by atoms with Crippen LogP contribution >= 0.6 is 0 Å². The Morgan fingerprint density at radius 1 is 1.52 bits per heavy atom. The predicted molar refractivity (Wildman–Crippen MR) is 81.9 cm³/mol. The van der Waals surface area contributed by atoms with Gasteiger partial charge in [0.25, 0.3) is 0 Å². The Hall–Kier alpha value is -1.89. The summed E-state index contributed by atoms with van der Waals surface area (Å²) in [5, 5.41) is 3.01. The van der Waals surface area contributed by atoms with E-state index < -0.39 is 0 Å². The lowest BCUT2D eigenvalue weighted by atomic mass is 9.82. The van der Waals surface area contributed by atoms with Gasteiger partial charge in [-0.25, -0.2) is 4.98 Å². The zero-order chi connectivity index (χ0) is 15.2. The van der Waals surface area contributed by atoms with E-state index in [4.69, 9.17) is 10.5 Å². The normalized spacial score (nSPS) is 29.1. The van der Waals surface area contributed by atoms with Crippen molar-refractivity contribution >= 4 is 22.9 Å². The van der Waals surface area contributed by atoms with Crippen LogP contribution in [0.2, 0.25) is 0 Å². The second kappa shape index (κ2) is 4.84. The third-order valence-corrected chi connectivity index (χ3v) is 4.45. The fourth-order valence-corrected chi connectivity index (χ4v) is 3.19. The number of anilines is 2. The van der Waals surface area contributed by atoms with Crippen LogP contribution < -0.4 is 11.1 Å². The van der Waals surface area contributed by atoms with E-state index in [0.717, 1.165) is 12.8 Å². The summed E-state index contributed by atoms with van der Waals surface area (Å²) in [6.45, 7) is 6.54. The number of imidazole rings is 1. The number of nitrogens with zero attached hydrogens (tertiary/aromatic N) is 4. The van der Waals surface area contributed by atoms with Gasteiger partial charge in [0.15, 0.2) is 17.0 Å². The van der Waals surface area contributed by atoms with Gasteiger partial charge < -0.3 is 15.8 Å². The Balaban J connectivity index is 2.15. The maximum Gasteiger partial charge on any atom is 0.224 e. The number of rotatable bonds is 3. The first kappa shape index (κ1) is 14.1. The van der Waals surface area contributed by atoms with Gasteiger partial charge in [0.2, 0.25) is 5.95 Å². The number of nitrogens with two attached hydrogens (primary N) is 1. The van der Waals surface area contributed by atoms with E-state index in [2.05, 4.69) is 41.0 Å². The lowest BCUT2D eigenvalue weighted by Gasteiger charge is -2.29. The van der Waals surface area contributed by atoms with Gasteiger partial charge in [-0.3, -0.25) is 4.57 Å². The molecular weight excluding hydrogens is 268 g/mol. The molecule has 0 aromatic carbocycles. The maximum absolute atomic E-state index is 6.14. The molecule has 2 aromatic heterocycles. The largest absolute Gasteiger partial charge is 0.371 e. The zero-order valence-electron chi connectivity index (χ0n) is 12.9. The topological polar surface area (TPSA) is 90.9 Å². The third-order valence-electron chi connectivity index (χ3n) is 4.45. The van der Waals surface area contributed by atoms with Gasteiger partial charge in [0.1, 0.15) is 6.23 Å². The Morgan fingerprint density at radius 2 is 2.29 bits per heavy atom. The van der Waals surface area contributed by atoms with Crippen LogP contribution in [0.15, 0.2) is 6.33 Å². The monoisotopic (exact) mass is 290 g/mol. The minimum absolute atomic E-state index is 0.0621. The van der Waals surface area contributed by atoms with Gasteiger partial charge in [-0.2, -0.15) is 9.97 Å². The molecule has 1 aliphatic heterocycles. The van der Waals surface area contributed by atoms with Gasteiger partial charge in [-0.15, -0.1) is 0 Å². The first-order chi connectivity index (χ1) is 9.98. The van der Waals surface area contributed by atoms with Crippen molar-refractivity contribution in [1.82, 2.24) is 19.5 Å². The third kappa shape index (κ3) is 2.12. The maximum atomic E-state index is 6.14. The number of aromatic nitrogens is 4. The van der Waals surface area contributed by atoms with Crippen LogP contribution in [0.3, 0.4) is 0 Å². The van der Waals surface area contributed by atoms with Gasteiger partial charge in [-0.05, 0) is 19.8 Å². The smallest absolute Gasteiger partial charge is 0.224 e. The van der Waals surface area contributed by atoms with Crippen molar-refractivity contribution in [3.8, 4) is 0 Å². The SMILES string of the molecule is CC[C@@]1(C)C[C@@H](C)O[C@H]1n1cnc2c(NC)nc(N)nc21. The molecule has 0 aliphatic carbocycles. The molecule has 0 amide bonds. The van der Waals surface area contributed by atoms with Crippen molar-refractivity contribution in [1.29, 1.82) is 0 Å². The highest BCUT2D eigenvalue weighted by molar-refractivity contribution is 5.84. The first-order valence-electron chi connectivity index (χ1n) is 7.31. The molecule has 0 bridgehead atoms. The molecule has 0 radical (unpaired) electrons. The Bertz CT molecular complexity index is 669.